The van der Waals surface area contributed by atoms with Crippen LogP contribution in [0.25, 0.3) is 0 Å². The lowest BCUT2D eigenvalue weighted by molar-refractivity contribution is 0.0778. The van der Waals surface area contributed by atoms with Crippen LogP contribution in [0.15, 0.2) is 22.7 Å². The molecule has 1 amide bonds. The summed E-state index contributed by atoms with van der Waals surface area (Å²) < 4.78 is 0.972. The van der Waals surface area contributed by atoms with Crippen LogP contribution >= 0.6 is 15.9 Å². The van der Waals surface area contributed by atoms with E-state index < -0.39 is 0 Å². The molecule has 1 saturated heterocycles. The van der Waals surface area contributed by atoms with Crippen molar-refractivity contribution < 1.29 is 4.79 Å². The number of nitrogens with zero attached hydrogens (tertiary/aromatic N) is 1. The Bertz CT molecular complexity index is 433. The number of benzene rings is 1. The van der Waals surface area contributed by atoms with E-state index in [1.807, 2.05) is 30.0 Å². The normalized spacial score (nSPS) is 18.5. The van der Waals surface area contributed by atoms with Gasteiger partial charge in [0, 0.05) is 23.1 Å². The first-order valence-corrected chi connectivity index (χ1v) is 6.73. The summed E-state index contributed by atoms with van der Waals surface area (Å²) in [4.78, 5) is 14.3. The van der Waals surface area contributed by atoms with Gasteiger partial charge >= 0.3 is 0 Å². The maximum absolute atomic E-state index is 12.3. The summed E-state index contributed by atoms with van der Waals surface area (Å²) in [6.45, 7) is 8.17. The molecule has 1 fully saturated rings. The highest BCUT2D eigenvalue weighted by Crippen LogP contribution is 2.30. The van der Waals surface area contributed by atoms with Gasteiger partial charge in [0.2, 0.25) is 0 Å². The maximum atomic E-state index is 12.3. The molecule has 0 bridgehead atoms. The van der Waals surface area contributed by atoms with Crippen molar-refractivity contribution >= 4 is 21.8 Å². The number of likely N-dealkylation sites (tertiary alicyclic amines) is 1. The zero-order chi connectivity index (χ0) is 12.6. The lowest BCUT2D eigenvalue weighted by Crippen LogP contribution is -2.30. The van der Waals surface area contributed by atoms with Gasteiger partial charge in [-0.15, -0.1) is 0 Å². The first-order chi connectivity index (χ1) is 7.87. The van der Waals surface area contributed by atoms with Gasteiger partial charge in [0.05, 0.1) is 0 Å². The highest BCUT2D eigenvalue weighted by atomic mass is 79.9. The molecule has 1 aromatic rings. The van der Waals surface area contributed by atoms with Crippen molar-refractivity contribution in [3.63, 3.8) is 0 Å². The van der Waals surface area contributed by atoms with Gasteiger partial charge in [0.1, 0.15) is 0 Å². The molecule has 0 unspecified atom stereocenters. The molecular formula is C14H18BrNO. The van der Waals surface area contributed by atoms with E-state index in [2.05, 4.69) is 29.8 Å². The average molecular weight is 296 g/mol. The third-order valence-corrected chi connectivity index (χ3v) is 3.71. The molecule has 2 nitrogen and oxygen atoms in total. The van der Waals surface area contributed by atoms with Crippen molar-refractivity contribution in [3.8, 4) is 0 Å². The van der Waals surface area contributed by atoms with E-state index in [0.717, 1.165) is 35.1 Å². The van der Waals surface area contributed by atoms with Crippen molar-refractivity contribution in [2.24, 2.45) is 5.41 Å². The molecule has 92 valence electrons. The van der Waals surface area contributed by atoms with Crippen LogP contribution in [0.1, 0.15) is 36.2 Å². The van der Waals surface area contributed by atoms with Gasteiger partial charge in [0.25, 0.3) is 5.91 Å². The lowest BCUT2D eigenvalue weighted by atomic mass is 9.93. The number of hydrogen-bond donors (Lipinski definition) is 0. The molecule has 1 aromatic carbocycles. The number of carbonyl (C=O) groups excluding carboxylic acids is 1. The summed E-state index contributed by atoms with van der Waals surface area (Å²) in [5.41, 5.74) is 2.16. The smallest absolute Gasteiger partial charge is 0.253 e. The highest BCUT2D eigenvalue weighted by molar-refractivity contribution is 9.10. The van der Waals surface area contributed by atoms with Gasteiger partial charge in [-0.05, 0) is 42.5 Å². The molecule has 0 atom stereocenters. The largest absolute Gasteiger partial charge is 0.338 e. The van der Waals surface area contributed by atoms with Gasteiger partial charge < -0.3 is 4.90 Å². The van der Waals surface area contributed by atoms with Crippen LogP contribution in [-0.4, -0.2) is 23.9 Å². The Balaban J connectivity index is 2.20. The topological polar surface area (TPSA) is 20.3 Å². The number of carbonyl (C=O) groups is 1. The van der Waals surface area contributed by atoms with E-state index in [0.29, 0.717) is 0 Å². The van der Waals surface area contributed by atoms with E-state index in [9.17, 15) is 4.79 Å². The van der Waals surface area contributed by atoms with Gasteiger partial charge in [-0.1, -0.05) is 29.8 Å². The van der Waals surface area contributed by atoms with Gasteiger partial charge in [-0.25, -0.2) is 0 Å². The third kappa shape index (κ3) is 2.89. The van der Waals surface area contributed by atoms with Crippen LogP contribution in [0.3, 0.4) is 0 Å². The summed E-state index contributed by atoms with van der Waals surface area (Å²) in [5.74, 6) is 0.153. The van der Waals surface area contributed by atoms with Crippen molar-refractivity contribution in [1.29, 1.82) is 0 Å². The fourth-order valence-electron chi connectivity index (χ4n) is 2.33. The summed E-state index contributed by atoms with van der Waals surface area (Å²) in [6.07, 6.45) is 1.09. The van der Waals surface area contributed by atoms with Crippen molar-refractivity contribution in [2.75, 3.05) is 13.1 Å². The second kappa shape index (κ2) is 4.45. The molecule has 1 heterocycles. The van der Waals surface area contributed by atoms with Crippen molar-refractivity contribution in [1.82, 2.24) is 4.90 Å². The second-order valence-corrected chi connectivity index (χ2v) is 6.57. The molecule has 0 saturated carbocycles. The monoisotopic (exact) mass is 295 g/mol. The summed E-state index contributed by atoms with van der Waals surface area (Å²) >= 11 is 3.44. The molecular weight excluding hydrogens is 278 g/mol. The maximum Gasteiger partial charge on any atom is 0.253 e. The minimum Gasteiger partial charge on any atom is -0.338 e. The van der Waals surface area contributed by atoms with E-state index >= 15 is 0 Å². The molecule has 17 heavy (non-hydrogen) atoms. The van der Waals surface area contributed by atoms with Gasteiger partial charge in [-0.3, -0.25) is 4.79 Å². The zero-order valence-corrected chi connectivity index (χ0v) is 12.2. The minimum absolute atomic E-state index is 0.153. The van der Waals surface area contributed by atoms with E-state index in [-0.39, 0.29) is 11.3 Å². The predicted molar refractivity (Wildman–Crippen MR) is 73.2 cm³/mol. The number of rotatable bonds is 1. The lowest BCUT2D eigenvalue weighted by Gasteiger charge is -2.20. The average Bonchev–Trinajstić information content (AvgIpc) is 2.56. The Hall–Kier alpha value is -0.830. The van der Waals surface area contributed by atoms with Crippen molar-refractivity contribution in [3.05, 3.63) is 33.8 Å². The SMILES string of the molecule is Cc1cc(Br)cc(C(=O)N2CCC(C)(C)C2)c1. The van der Waals surface area contributed by atoms with Crippen LogP contribution < -0.4 is 0 Å². The Morgan fingerprint density at radius 1 is 1.35 bits per heavy atom. The molecule has 1 aliphatic rings. The molecule has 0 spiro atoms. The Morgan fingerprint density at radius 3 is 2.59 bits per heavy atom. The Kier molecular flexibility index (Phi) is 3.30. The molecule has 3 heteroatoms. The molecule has 2 rings (SSSR count). The van der Waals surface area contributed by atoms with Crippen LogP contribution in [0.4, 0.5) is 0 Å². The standard InChI is InChI=1S/C14H18BrNO/c1-10-6-11(8-12(15)7-10)13(17)16-5-4-14(2,3)9-16/h6-8H,4-5,9H2,1-3H3. The molecule has 0 N–H and O–H groups in total. The first-order valence-electron chi connectivity index (χ1n) is 5.94. The fraction of sp³-hybridized carbons (Fsp3) is 0.500. The molecule has 1 aliphatic heterocycles. The number of hydrogen-bond acceptors (Lipinski definition) is 1. The Morgan fingerprint density at radius 2 is 2.06 bits per heavy atom. The molecule has 0 aliphatic carbocycles. The summed E-state index contributed by atoms with van der Waals surface area (Å²) in [6, 6.07) is 5.88. The summed E-state index contributed by atoms with van der Waals surface area (Å²) in [7, 11) is 0. The second-order valence-electron chi connectivity index (χ2n) is 5.66. The first kappa shape index (κ1) is 12.6. The fourth-order valence-corrected chi connectivity index (χ4v) is 2.94. The number of halogens is 1. The minimum atomic E-state index is 0.153. The highest BCUT2D eigenvalue weighted by Gasteiger charge is 2.32. The van der Waals surface area contributed by atoms with E-state index in [4.69, 9.17) is 0 Å². The van der Waals surface area contributed by atoms with E-state index in [1.54, 1.807) is 0 Å². The van der Waals surface area contributed by atoms with Gasteiger partial charge in [-0.2, -0.15) is 0 Å². The molecule has 0 aromatic heterocycles. The quantitative estimate of drug-likeness (QED) is 0.775. The third-order valence-electron chi connectivity index (χ3n) is 3.25. The van der Waals surface area contributed by atoms with Crippen molar-refractivity contribution in [2.45, 2.75) is 27.2 Å². The number of aryl methyl sites for hydroxylation is 1. The van der Waals surface area contributed by atoms with Crippen LogP contribution in [0.2, 0.25) is 0 Å². The zero-order valence-electron chi connectivity index (χ0n) is 10.6. The van der Waals surface area contributed by atoms with Crippen LogP contribution in [-0.2, 0) is 0 Å². The summed E-state index contributed by atoms with van der Waals surface area (Å²) in [5, 5.41) is 0. The van der Waals surface area contributed by atoms with Gasteiger partial charge in [0.15, 0.2) is 0 Å². The van der Waals surface area contributed by atoms with E-state index in [1.165, 1.54) is 0 Å². The molecule has 0 radical (unpaired) electrons. The van der Waals surface area contributed by atoms with Crippen LogP contribution in [0, 0.1) is 12.3 Å². The number of amides is 1. The Labute approximate surface area is 111 Å². The van der Waals surface area contributed by atoms with Crippen LogP contribution in [0.5, 0.6) is 0 Å². The predicted octanol–water partition coefficient (Wildman–Crippen LogP) is 3.63.